The second-order valence-corrected chi connectivity index (χ2v) is 5.18. The Bertz CT molecular complexity index is 451. The minimum Gasteiger partial charge on any atom is -0.379 e. The lowest BCUT2D eigenvalue weighted by atomic mass is 9.94. The fourth-order valence-corrected chi connectivity index (χ4v) is 2.55. The zero-order chi connectivity index (χ0) is 13.1. The van der Waals surface area contributed by atoms with Gasteiger partial charge in [0.25, 0.3) is 0 Å². The van der Waals surface area contributed by atoms with Gasteiger partial charge in [-0.1, -0.05) is 35.3 Å². The van der Waals surface area contributed by atoms with Gasteiger partial charge in [0, 0.05) is 12.5 Å². The van der Waals surface area contributed by atoms with Gasteiger partial charge in [-0.3, -0.25) is 4.79 Å². The van der Waals surface area contributed by atoms with Crippen LogP contribution in [-0.2, 0) is 16.0 Å². The summed E-state index contributed by atoms with van der Waals surface area (Å²) in [5.74, 6) is 0.0288. The van der Waals surface area contributed by atoms with Crippen LogP contribution in [0, 0.1) is 5.92 Å². The zero-order valence-corrected chi connectivity index (χ0v) is 11.6. The molecule has 1 aromatic rings. The van der Waals surface area contributed by atoms with Crippen molar-refractivity contribution in [2.45, 2.75) is 12.5 Å². The molecule has 0 radical (unpaired) electrons. The molecule has 2 atom stereocenters. The number of ether oxygens (including phenoxy) is 1. The molecule has 5 heteroatoms. The molecule has 98 valence electrons. The van der Waals surface area contributed by atoms with Crippen LogP contribution in [0.5, 0.6) is 0 Å². The summed E-state index contributed by atoms with van der Waals surface area (Å²) in [6, 6.07) is 5.44. The van der Waals surface area contributed by atoms with Crippen LogP contribution in [0.1, 0.15) is 5.56 Å². The van der Waals surface area contributed by atoms with Crippen molar-refractivity contribution in [3.63, 3.8) is 0 Å². The van der Waals surface area contributed by atoms with Crippen molar-refractivity contribution in [1.29, 1.82) is 0 Å². The van der Waals surface area contributed by atoms with Crippen molar-refractivity contribution in [3.8, 4) is 0 Å². The number of carbonyl (C=O) groups is 1. The van der Waals surface area contributed by atoms with Gasteiger partial charge in [-0.2, -0.15) is 0 Å². The van der Waals surface area contributed by atoms with Crippen molar-refractivity contribution in [3.05, 3.63) is 33.8 Å². The molecule has 0 saturated carbocycles. The predicted octanol–water partition coefficient (Wildman–Crippen LogP) is 2.34. The Morgan fingerprint density at radius 3 is 2.94 bits per heavy atom. The van der Waals surface area contributed by atoms with Crippen molar-refractivity contribution in [2.24, 2.45) is 5.92 Å². The van der Waals surface area contributed by atoms with Crippen LogP contribution in [0.4, 0.5) is 0 Å². The molecule has 1 heterocycles. The first kappa shape index (κ1) is 13.8. The molecule has 1 fully saturated rings. The Balaban J connectivity index is 2.09. The molecule has 0 spiro atoms. The van der Waals surface area contributed by atoms with E-state index < -0.39 is 0 Å². The molecule has 2 rings (SSSR count). The highest BCUT2D eigenvalue weighted by Crippen LogP contribution is 2.27. The summed E-state index contributed by atoms with van der Waals surface area (Å²) in [6.07, 6.45) is 0.297. The van der Waals surface area contributed by atoms with Crippen LogP contribution >= 0.6 is 23.2 Å². The van der Waals surface area contributed by atoms with Gasteiger partial charge in [-0.25, -0.2) is 0 Å². The Kier molecular flexibility index (Phi) is 4.62. The third-order valence-corrected chi connectivity index (χ3v) is 4.12. The van der Waals surface area contributed by atoms with E-state index in [0.717, 1.165) is 5.56 Å². The van der Waals surface area contributed by atoms with Crippen LogP contribution < -0.4 is 5.32 Å². The largest absolute Gasteiger partial charge is 0.379 e. The number of hydrogen-bond donors (Lipinski definition) is 1. The Hall–Kier alpha value is -0.610. The predicted molar refractivity (Wildman–Crippen MR) is 72.3 cm³/mol. The molecule has 3 nitrogen and oxygen atoms in total. The van der Waals surface area contributed by atoms with Crippen molar-refractivity contribution < 1.29 is 9.53 Å². The van der Waals surface area contributed by atoms with E-state index in [9.17, 15) is 4.79 Å². The fourth-order valence-electron chi connectivity index (χ4n) is 2.16. The smallest absolute Gasteiger partial charge is 0.144 e. The van der Waals surface area contributed by atoms with Gasteiger partial charge < -0.3 is 10.1 Å². The lowest BCUT2D eigenvalue weighted by Crippen LogP contribution is -2.37. The maximum Gasteiger partial charge on any atom is 0.144 e. The zero-order valence-electron chi connectivity index (χ0n) is 10.1. The molecule has 18 heavy (non-hydrogen) atoms. The monoisotopic (exact) mass is 287 g/mol. The quantitative estimate of drug-likeness (QED) is 0.924. The summed E-state index contributed by atoms with van der Waals surface area (Å²) in [7, 11) is 1.84. The van der Waals surface area contributed by atoms with Crippen molar-refractivity contribution in [1.82, 2.24) is 5.32 Å². The maximum absolute atomic E-state index is 12.2. The number of benzene rings is 1. The van der Waals surface area contributed by atoms with Gasteiger partial charge in [0.2, 0.25) is 0 Å². The second kappa shape index (κ2) is 6.02. The van der Waals surface area contributed by atoms with E-state index in [1.165, 1.54) is 0 Å². The molecular weight excluding hydrogens is 273 g/mol. The topological polar surface area (TPSA) is 38.3 Å². The van der Waals surface area contributed by atoms with Gasteiger partial charge in [-0.05, 0) is 18.7 Å². The summed E-state index contributed by atoms with van der Waals surface area (Å²) in [5.41, 5.74) is 0.774. The number of ketones is 1. The minimum atomic E-state index is -0.106. The number of hydrogen-bond acceptors (Lipinski definition) is 3. The highest BCUT2D eigenvalue weighted by molar-refractivity contribution is 6.42. The summed E-state index contributed by atoms with van der Waals surface area (Å²) in [6.45, 7) is 1.05. The standard InChI is InChI=1S/C13H15Cl2NO2/c1-16-11-7-18-6-9(11)12(17)5-8-3-2-4-10(14)13(8)15/h2-4,9,11,16H,5-7H2,1H3. The molecule has 2 unspecified atom stereocenters. The average Bonchev–Trinajstić information content (AvgIpc) is 2.83. The van der Waals surface area contributed by atoms with E-state index in [4.69, 9.17) is 27.9 Å². The van der Waals surface area contributed by atoms with Gasteiger partial charge in [0.15, 0.2) is 0 Å². The first-order chi connectivity index (χ1) is 8.63. The van der Waals surface area contributed by atoms with Crippen LogP contribution in [-0.4, -0.2) is 32.1 Å². The Morgan fingerprint density at radius 2 is 2.22 bits per heavy atom. The summed E-state index contributed by atoms with van der Waals surface area (Å²) < 4.78 is 5.33. The molecule has 1 aliphatic heterocycles. The normalized spacial score (nSPS) is 23.3. The number of halogens is 2. The van der Waals surface area contributed by atoms with Crippen molar-refractivity contribution >= 4 is 29.0 Å². The maximum atomic E-state index is 12.2. The molecular formula is C13H15Cl2NO2. The summed E-state index contributed by atoms with van der Waals surface area (Å²) in [4.78, 5) is 12.2. The number of nitrogens with one attached hydrogen (secondary N) is 1. The molecule has 1 aliphatic rings. The van der Waals surface area contributed by atoms with Crippen LogP contribution in [0.2, 0.25) is 10.0 Å². The van der Waals surface area contributed by atoms with E-state index in [0.29, 0.717) is 29.7 Å². The van der Waals surface area contributed by atoms with Gasteiger partial charge in [0.1, 0.15) is 5.78 Å². The van der Waals surface area contributed by atoms with E-state index in [1.54, 1.807) is 12.1 Å². The Labute approximate surface area is 116 Å². The van der Waals surface area contributed by atoms with E-state index in [1.807, 2.05) is 13.1 Å². The van der Waals surface area contributed by atoms with Crippen LogP contribution in [0.3, 0.4) is 0 Å². The van der Waals surface area contributed by atoms with E-state index in [-0.39, 0.29) is 17.7 Å². The third-order valence-electron chi connectivity index (χ3n) is 3.26. The number of rotatable bonds is 4. The second-order valence-electron chi connectivity index (χ2n) is 4.40. The van der Waals surface area contributed by atoms with Gasteiger partial charge in [-0.15, -0.1) is 0 Å². The molecule has 0 amide bonds. The molecule has 0 aromatic heterocycles. The van der Waals surface area contributed by atoms with Crippen LogP contribution in [0.15, 0.2) is 18.2 Å². The molecule has 1 saturated heterocycles. The first-order valence-corrected chi connectivity index (χ1v) is 6.59. The number of carbonyl (C=O) groups excluding carboxylic acids is 1. The molecule has 1 N–H and O–H groups in total. The van der Waals surface area contributed by atoms with Crippen LogP contribution in [0.25, 0.3) is 0 Å². The molecule has 0 aliphatic carbocycles. The van der Waals surface area contributed by atoms with Crippen molar-refractivity contribution in [2.75, 3.05) is 20.3 Å². The lowest BCUT2D eigenvalue weighted by molar-refractivity contribution is -0.122. The van der Waals surface area contributed by atoms with Gasteiger partial charge >= 0.3 is 0 Å². The van der Waals surface area contributed by atoms with Gasteiger partial charge in [0.05, 0.1) is 29.2 Å². The minimum absolute atomic E-state index is 0.0930. The SMILES string of the molecule is CNC1COCC1C(=O)Cc1cccc(Cl)c1Cl. The summed E-state index contributed by atoms with van der Waals surface area (Å²) >= 11 is 12.0. The highest BCUT2D eigenvalue weighted by Gasteiger charge is 2.32. The first-order valence-electron chi connectivity index (χ1n) is 5.84. The Morgan fingerprint density at radius 1 is 1.44 bits per heavy atom. The molecule has 1 aromatic carbocycles. The third kappa shape index (κ3) is 2.86. The summed E-state index contributed by atoms with van der Waals surface area (Å²) in [5, 5.41) is 4.05. The fraction of sp³-hybridized carbons (Fsp3) is 0.462. The van der Waals surface area contributed by atoms with E-state index >= 15 is 0 Å². The average molecular weight is 288 g/mol. The lowest BCUT2D eigenvalue weighted by Gasteiger charge is -2.16. The number of likely N-dealkylation sites (N-methyl/N-ethyl adjacent to an activating group) is 1. The molecule has 0 bridgehead atoms. The highest BCUT2D eigenvalue weighted by atomic mass is 35.5. The number of Topliss-reactive ketones (excluding diaryl/α,β-unsaturated/α-hetero) is 1. The van der Waals surface area contributed by atoms with E-state index in [2.05, 4.69) is 5.32 Å².